The topological polar surface area (TPSA) is 63.6 Å². The minimum Gasteiger partial charge on any atom is -0.325 e. The molecule has 0 spiro atoms. The summed E-state index contributed by atoms with van der Waals surface area (Å²) in [5.41, 5.74) is 2.90. The maximum atomic E-state index is 12.2. The maximum Gasteiger partial charge on any atom is 0.255 e. The predicted octanol–water partition coefficient (Wildman–Crippen LogP) is 4.87. The molecule has 0 aliphatic heterocycles. The standard InChI is InChI=1S/C23H28N4OS/c28-22-21(14-20-15-24-18-25-16-20)17-27(23(29)26-22)13-9-4-2-1-3-6-10-19-11-7-5-8-12-19/h5,7-8,11-12,15-18H,1-4,6,9-10,13-14H2,(H,26,28,29). The molecule has 3 aromatic rings. The van der Waals surface area contributed by atoms with Crippen molar-refractivity contribution in [3.8, 4) is 0 Å². The van der Waals surface area contributed by atoms with Crippen LogP contribution < -0.4 is 5.56 Å². The van der Waals surface area contributed by atoms with Gasteiger partial charge in [-0.2, -0.15) is 0 Å². The van der Waals surface area contributed by atoms with Crippen molar-refractivity contribution < 1.29 is 0 Å². The molecule has 2 heterocycles. The molecule has 2 aromatic heterocycles. The lowest BCUT2D eigenvalue weighted by Crippen LogP contribution is -2.18. The van der Waals surface area contributed by atoms with Crippen molar-refractivity contribution in [1.29, 1.82) is 0 Å². The van der Waals surface area contributed by atoms with Crippen LogP contribution in [0, 0.1) is 4.77 Å². The molecule has 0 amide bonds. The van der Waals surface area contributed by atoms with E-state index in [1.54, 1.807) is 12.4 Å². The summed E-state index contributed by atoms with van der Waals surface area (Å²) in [5.74, 6) is 0. The lowest BCUT2D eigenvalue weighted by atomic mass is 10.0. The van der Waals surface area contributed by atoms with Crippen LogP contribution in [0.5, 0.6) is 0 Å². The number of H-pyrrole nitrogens is 1. The van der Waals surface area contributed by atoms with E-state index in [0.717, 1.165) is 18.5 Å². The van der Waals surface area contributed by atoms with Gasteiger partial charge in [0.05, 0.1) is 0 Å². The van der Waals surface area contributed by atoms with E-state index in [9.17, 15) is 4.79 Å². The van der Waals surface area contributed by atoms with Crippen LogP contribution >= 0.6 is 12.2 Å². The number of nitrogens with zero attached hydrogens (tertiary/aromatic N) is 3. The molecule has 0 saturated heterocycles. The Morgan fingerprint density at radius 2 is 1.59 bits per heavy atom. The second-order valence-corrected chi connectivity index (χ2v) is 7.77. The van der Waals surface area contributed by atoms with Gasteiger partial charge in [0.25, 0.3) is 5.56 Å². The van der Waals surface area contributed by atoms with E-state index in [0.29, 0.717) is 16.8 Å². The van der Waals surface area contributed by atoms with Gasteiger partial charge < -0.3 is 4.57 Å². The van der Waals surface area contributed by atoms with Crippen molar-refractivity contribution in [1.82, 2.24) is 19.5 Å². The summed E-state index contributed by atoms with van der Waals surface area (Å²) in [7, 11) is 0. The highest BCUT2D eigenvalue weighted by Gasteiger charge is 2.05. The molecule has 5 nitrogen and oxygen atoms in total. The Labute approximate surface area is 176 Å². The highest BCUT2D eigenvalue weighted by molar-refractivity contribution is 7.71. The molecule has 152 valence electrons. The van der Waals surface area contributed by atoms with Crippen LogP contribution in [0.3, 0.4) is 0 Å². The first-order valence-electron chi connectivity index (χ1n) is 10.3. The Morgan fingerprint density at radius 3 is 2.34 bits per heavy atom. The van der Waals surface area contributed by atoms with Crippen molar-refractivity contribution >= 4 is 12.2 Å². The smallest absolute Gasteiger partial charge is 0.255 e. The van der Waals surface area contributed by atoms with Crippen molar-refractivity contribution in [2.24, 2.45) is 0 Å². The number of benzene rings is 1. The molecule has 29 heavy (non-hydrogen) atoms. The Hall–Kier alpha value is -2.60. The van der Waals surface area contributed by atoms with E-state index in [2.05, 4.69) is 45.3 Å². The number of hydrogen-bond acceptors (Lipinski definition) is 4. The van der Waals surface area contributed by atoms with Gasteiger partial charge in [0, 0.05) is 37.1 Å². The molecule has 0 fully saturated rings. The minimum atomic E-state index is -0.131. The van der Waals surface area contributed by atoms with Gasteiger partial charge in [0.2, 0.25) is 0 Å². The first-order chi connectivity index (χ1) is 14.2. The summed E-state index contributed by atoms with van der Waals surface area (Å²) < 4.78 is 2.47. The van der Waals surface area contributed by atoms with Gasteiger partial charge in [-0.05, 0) is 42.6 Å². The van der Waals surface area contributed by atoms with Crippen molar-refractivity contribution in [2.75, 3.05) is 0 Å². The molecule has 0 unspecified atom stereocenters. The number of unbranched alkanes of at least 4 members (excludes halogenated alkanes) is 5. The van der Waals surface area contributed by atoms with Crippen LogP contribution in [0.25, 0.3) is 0 Å². The number of aromatic amines is 1. The third-order valence-corrected chi connectivity index (χ3v) is 5.39. The predicted molar refractivity (Wildman–Crippen MR) is 119 cm³/mol. The zero-order valence-electron chi connectivity index (χ0n) is 16.7. The third kappa shape index (κ3) is 7.06. The monoisotopic (exact) mass is 408 g/mol. The maximum absolute atomic E-state index is 12.2. The fourth-order valence-corrected chi connectivity index (χ4v) is 3.69. The zero-order chi connectivity index (χ0) is 20.3. The Kier molecular flexibility index (Phi) is 8.31. The summed E-state index contributed by atoms with van der Waals surface area (Å²) >= 11 is 5.33. The SMILES string of the molecule is O=c1[nH]c(=S)n(CCCCCCCCc2ccccc2)cc1Cc1cncnc1. The number of hydrogen-bond donors (Lipinski definition) is 1. The van der Waals surface area contributed by atoms with E-state index in [-0.39, 0.29) is 5.56 Å². The highest BCUT2D eigenvalue weighted by Crippen LogP contribution is 2.11. The van der Waals surface area contributed by atoms with Gasteiger partial charge in [-0.15, -0.1) is 0 Å². The number of aromatic nitrogens is 4. The van der Waals surface area contributed by atoms with Gasteiger partial charge in [-0.25, -0.2) is 9.97 Å². The molecule has 0 atom stereocenters. The fourth-order valence-electron chi connectivity index (χ4n) is 3.45. The number of nitrogens with one attached hydrogen (secondary N) is 1. The van der Waals surface area contributed by atoms with Crippen molar-refractivity contribution in [2.45, 2.75) is 57.9 Å². The average molecular weight is 409 g/mol. The average Bonchev–Trinajstić information content (AvgIpc) is 2.74. The van der Waals surface area contributed by atoms with Gasteiger partial charge >= 0.3 is 0 Å². The fraction of sp³-hybridized carbons (Fsp3) is 0.391. The molecule has 1 aromatic carbocycles. The molecular formula is C23H28N4OS. The van der Waals surface area contributed by atoms with Crippen LogP contribution in [0.2, 0.25) is 0 Å². The second-order valence-electron chi connectivity index (χ2n) is 7.39. The molecular weight excluding hydrogens is 380 g/mol. The lowest BCUT2D eigenvalue weighted by Gasteiger charge is -2.09. The van der Waals surface area contributed by atoms with Crippen LogP contribution in [0.4, 0.5) is 0 Å². The molecule has 0 aliphatic carbocycles. The number of aryl methyl sites for hydroxylation is 2. The molecule has 0 radical (unpaired) electrons. The lowest BCUT2D eigenvalue weighted by molar-refractivity contribution is 0.542. The molecule has 6 heteroatoms. The third-order valence-electron chi connectivity index (χ3n) is 5.05. The summed E-state index contributed by atoms with van der Waals surface area (Å²) in [4.78, 5) is 23.0. The first kappa shape index (κ1) is 21.1. The number of rotatable bonds is 11. The van der Waals surface area contributed by atoms with Crippen molar-refractivity contribution in [3.05, 3.63) is 87.1 Å². The summed E-state index contributed by atoms with van der Waals surface area (Å²) in [6.45, 7) is 0.831. The van der Waals surface area contributed by atoms with E-state index in [1.807, 2.05) is 10.8 Å². The minimum absolute atomic E-state index is 0.131. The summed E-state index contributed by atoms with van der Waals surface area (Å²) in [6.07, 6.45) is 15.8. The first-order valence-corrected chi connectivity index (χ1v) is 10.7. The highest BCUT2D eigenvalue weighted by atomic mass is 32.1. The quantitative estimate of drug-likeness (QED) is 0.363. The van der Waals surface area contributed by atoms with Crippen LogP contribution in [0.1, 0.15) is 55.2 Å². The summed E-state index contributed by atoms with van der Waals surface area (Å²) in [5, 5.41) is 0. The Bertz CT molecular complexity index is 983. The van der Waals surface area contributed by atoms with Crippen molar-refractivity contribution in [3.63, 3.8) is 0 Å². The summed E-state index contributed by atoms with van der Waals surface area (Å²) in [6, 6.07) is 10.7. The van der Waals surface area contributed by atoms with Gasteiger partial charge in [0.1, 0.15) is 6.33 Å². The normalized spacial score (nSPS) is 10.9. The van der Waals surface area contributed by atoms with Crippen LogP contribution in [0.15, 0.2) is 60.0 Å². The Balaban J connectivity index is 1.39. The van der Waals surface area contributed by atoms with E-state index in [4.69, 9.17) is 12.2 Å². The molecule has 0 aliphatic rings. The van der Waals surface area contributed by atoms with Gasteiger partial charge in [-0.3, -0.25) is 9.78 Å². The van der Waals surface area contributed by atoms with Crippen LogP contribution in [-0.2, 0) is 19.4 Å². The second kappa shape index (κ2) is 11.4. The molecule has 0 bridgehead atoms. The molecule has 3 rings (SSSR count). The largest absolute Gasteiger partial charge is 0.325 e. The van der Waals surface area contributed by atoms with Crippen LogP contribution in [-0.4, -0.2) is 19.5 Å². The Morgan fingerprint density at radius 1 is 0.897 bits per heavy atom. The van der Waals surface area contributed by atoms with E-state index >= 15 is 0 Å². The zero-order valence-corrected chi connectivity index (χ0v) is 17.5. The van der Waals surface area contributed by atoms with Gasteiger partial charge in [0.15, 0.2) is 4.77 Å². The van der Waals surface area contributed by atoms with E-state index < -0.39 is 0 Å². The van der Waals surface area contributed by atoms with Gasteiger partial charge in [-0.1, -0.05) is 56.0 Å². The van der Waals surface area contributed by atoms with E-state index in [1.165, 1.54) is 50.4 Å². The molecule has 1 N–H and O–H groups in total. The molecule has 0 saturated carbocycles.